The van der Waals surface area contributed by atoms with Crippen LogP contribution in [-0.2, 0) is 0 Å². The second kappa shape index (κ2) is 8.38. The third-order valence-corrected chi connectivity index (χ3v) is 4.86. The summed E-state index contributed by atoms with van der Waals surface area (Å²) in [4.78, 5) is 14.2. The lowest BCUT2D eigenvalue weighted by Gasteiger charge is -2.42. The highest BCUT2D eigenvalue weighted by atomic mass is 16.5. The summed E-state index contributed by atoms with van der Waals surface area (Å²) in [6.45, 7) is 5.44. The highest BCUT2D eigenvalue weighted by Gasteiger charge is 2.38. The van der Waals surface area contributed by atoms with E-state index in [-0.39, 0.29) is 24.1 Å². The molecule has 1 saturated carbocycles. The van der Waals surface area contributed by atoms with Crippen molar-refractivity contribution in [2.24, 2.45) is 5.41 Å². The average molecular weight is 334 g/mol. The zero-order valence-electron chi connectivity index (χ0n) is 15.0. The van der Waals surface area contributed by atoms with E-state index in [4.69, 9.17) is 4.74 Å². The number of rotatable bonds is 8. The summed E-state index contributed by atoms with van der Waals surface area (Å²) < 4.78 is 5.78. The number of aliphatic hydroxyl groups excluding tert-OH is 1. The Labute approximate surface area is 145 Å². The molecule has 0 saturated heterocycles. The van der Waals surface area contributed by atoms with E-state index in [9.17, 15) is 9.90 Å². The molecule has 5 heteroatoms. The molecule has 2 amide bonds. The van der Waals surface area contributed by atoms with Gasteiger partial charge in [-0.05, 0) is 32.3 Å². The smallest absolute Gasteiger partial charge is 0.317 e. The molecule has 1 atom stereocenters. The Morgan fingerprint density at radius 1 is 1.42 bits per heavy atom. The van der Waals surface area contributed by atoms with Crippen molar-refractivity contribution in [3.8, 4) is 5.75 Å². The number of para-hydroxylation sites is 1. The Morgan fingerprint density at radius 2 is 2.12 bits per heavy atom. The van der Waals surface area contributed by atoms with Crippen LogP contribution in [0.3, 0.4) is 0 Å². The molecule has 5 nitrogen and oxygen atoms in total. The van der Waals surface area contributed by atoms with Crippen molar-refractivity contribution in [3.63, 3.8) is 0 Å². The lowest BCUT2D eigenvalue weighted by molar-refractivity contribution is 0.0227. The molecule has 0 aliphatic heterocycles. The van der Waals surface area contributed by atoms with Crippen molar-refractivity contribution < 1.29 is 14.6 Å². The van der Waals surface area contributed by atoms with Gasteiger partial charge in [0.15, 0.2) is 0 Å². The number of nitrogens with zero attached hydrogens (tertiary/aromatic N) is 1. The molecular weight excluding hydrogens is 304 g/mol. The van der Waals surface area contributed by atoms with Gasteiger partial charge in [0, 0.05) is 24.6 Å². The van der Waals surface area contributed by atoms with Gasteiger partial charge in [0.2, 0.25) is 0 Å². The molecule has 0 unspecified atom stereocenters. The lowest BCUT2D eigenvalue weighted by Crippen LogP contribution is -2.48. The first-order valence-electron chi connectivity index (χ1n) is 8.85. The number of benzene rings is 1. The van der Waals surface area contributed by atoms with Crippen LogP contribution in [0, 0.1) is 5.41 Å². The van der Waals surface area contributed by atoms with E-state index in [1.807, 2.05) is 31.2 Å². The van der Waals surface area contributed by atoms with Crippen LogP contribution < -0.4 is 10.1 Å². The molecule has 1 aromatic rings. The van der Waals surface area contributed by atoms with Gasteiger partial charge in [-0.1, -0.05) is 31.5 Å². The van der Waals surface area contributed by atoms with E-state index in [0.29, 0.717) is 13.2 Å². The second-order valence-corrected chi connectivity index (χ2v) is 6.93. The fourth-order valence-corrected chi connectivity index (χ4v) is 3.17. The minimum absolute atomic E-state index is 0.0997. The Bertz CT molecular complexity index is 538. The number of nitrogens with one attached hydrogen (secondary N) is 1. The largest absolute Gasteiger partial charge is 0.493 e. The second-order valence-electron chi connectivity index (χ2n) is 6.93. The van der Waals surface area contributed by atoms with Crippen LogP contribution in [0.15, 0.2) is 24.3 Å². The minimum atomic E-state index is -0.139. The zero-order valence-corrected chi connectivity index (χ0v) is 15.0. The fraction of sp³-hybridized carbons (Fsp3) is 0.632. The molecule has 0 radical (unpaired) electrons. The van der Waals surface area contributed by atoms with Crippen LogP contribution in [0.4, 0.5) is 4.79 Å². The summed E-state index contributed by atoms with van der Waals surface area (Å²) in [6, 6.07) is 7.56. The molecule has 0 bridgehead atoms. The monoisotopic (exact) mass is 334 g/mol. The number of carbonyl (C=O) groups is 1. The predicted molar refractivity (Wildman–Crippen MR) is 95.2 cm³/mol. The summed E-state index contributed by atoms with van der Waals surface area (Å²) in [5, 5.41) is 12.6. The predicted octanol–water partition coefficient (Wildman–Crippen LogP) is 3.34. The molecule has 24 heavy (non-hydrogen) atoms. The van der Waals surface area contributed by atoms with Crippen molar-refractivity contribution in [2.75, 3.05) is 26.8 Å². The van der Waals surface area contributed by atoms with Crippen LogP contribution in [0.25, 0.3) is 0 Å². The standard InChI is InChI=1S/C19H30N2O3/c1-4-12-24-17-9-6-5-8-16(17)15(2)20-18(23)21(3)13-19(14-22)10-7-11-19/h5-6,8-9,15,22H,4,7,10-14H2,1-3H3,(H,20,23)/t15-/m1/s1. The third kappa shape index (κ3) is 4.41. The van der Waals surface area contributed by atoms with Gasteiger partial charge in [-0.2, -0.15) is 0 Å². The van der Waals surface area contributed by atoms with Crippen molar-refractivity contribution in [3.05, 3.63) is 29.8 Å². The molecule has 2 N–H and O–H groups in total. The molecular formula is C19H30N2O3. The first kappa shape index (κ1) is 18.6. The van der Waals surface area contributed by atoms with Gasteiger partial charge >= 0.3 is 6.03 Å². The van der Waals surface area contributed by atoms with Gasteiger partial charge < -0.3 is 20.1 Å². The third-order valence-electron chi connectivity index (χ3n) is 4.86. The van der Waals surface area contributed by atoms with Crippen LogP contribution in [0.2, 0.25) is 0 Å². The zero-order chi connectivity index (χ0) is 17.6. The van der Waals surface area contributed by atoms with Crippen LogP contribution in [0.1, 0.15) is 51.1 Å². The van der Waals surface area contributed by atoms with Gasteiger partial charge in [-0.15, -0.1) is 0 Å². The quantitative estimate of drug-likeness (QED) is 0.766. The fourth-order valence-electron chi connectivity index (χ4n) is 3.17. The molecule has 134 valence electrons. The molecule has 0 spiro atoms. The van der Waals surface area contributed by atoms with Gasteiger partial charge in [-0.25, -0.2) is 4.79 Å². The Balaban J connectivity index is 1.96. The van der Waals surface area contributed by atoms with E-state index in [1.165, 1.54) is 0 Å². The SMILES string of the molecule is CCCOc1ccccc1[C@@H](C)NC(=O)N(C)CC1(CO)CCC1. The molecule has 1 aromatic carbocycles. The molecule has 1 aliphatic rings. The van der Waals surface area contributed by atoms with E-state index < -0.39 is 0 Å². The summed E-state index contributed by atoms with van der Waals surface area (Å²) in [5.74, 6) is 0.820. The number of hydrogen-bond donors (Lipinski definition) is 2. The maximum atomic E-state index is 12.5. The highest BCUT2D eigenvalue weighted by molar-refractivity contribution is 5.74. The van der Waals surface area contributed by atoms with Gasteiger partial charge in [0.1, 0.15) is 5.75 Å². The first-order valence-corrected chi connectivity index (χ1v) is 8.85. The summed E-state index contributed by atoms with van der Waals surface area (Å²) in [6.07, 6.45) is 4.06. The van der Waals surface area contributed by atoms with Gasteiger partial charge in [0.05, 0.1) is 19.3 Å². The maximum Gasteiger partial charge on any atom is 0.317 e. The van der Waals surface area contributed by atoms with Gasteiger partial charge in [0.25, 0.3) is 0 Å². The molecule has 0 heterocycles. The normalized spacial score (nSPS) is 16.8. The number of ether oxygens (including phenoxy) is 1. The van der Waals surface area contributed by atoms with Crippen molar-refractivity contribution in [2.45, 2.75) is 45.6 Å². The summed E-state index contributed by atoms with van der Waals surface area (Å²) in [5.41, 5.74) is 0.880. The van der Waals surface area contributed by atoms with Crippen molar-refractivity contribution >= 4 is 6.03 Å². The number of amides is 2. The molecule has 1 aliphatic carbocycles. The molecule has 1 fully saturated rings. The van der Waals surface area contributed by atoms with Crippen molar-refractivity contribution in [1.29, 1.82) is 0 Å². The van der Waals surface area contributed by atoms with E-state index >= 15 is 0 Å². The molecule has 2 rings (SSSR count). The lowest BCUT2D eigenvalue weighted by atomic mass is 9.69. The van der Waals surface area contributed by atoms with E-state index in [1.54, 1.807) is 11.9 Å². The Hall–Kier alpha value is -1.75. The van der Waals surface area contributed by atoms with Crippen LogP contribution in [-0.4, -0.2) is 42.8 Å². The van der Waals surface area contributed by atoms with E-state index in [0.717, 1.165) is 37.0 Å². The Kier molecular flexibility index (Phi) is 6.49. The number of urea groups is 1. The number of hydrogen-bond acceptors (Lipinski definition) is 3. The number of carbonyl (C=O) groups excluding carboxylic acids is 1. The van der Waals surface area contributed by atoms with E-state index in [2.05, 4.69) is 12.2 Å². The summed E-state index contributed by atoms with van der Waals surface area (Å²) >= 11 is 0. The number of aliphatic hydroxyl groups is 1. The average Bonchev–Trinajstić information content (AvgIpc) is 2.56. The summed E-state index contributed by atoms with van der Waals surface area (Å²) in [7, 11) is 1.79. The van der Waals surface area contributed by atoms with Crippen LogP contribution in [0.5, 0.6) is 5.75 Å². The van der Waals surface area contributed by atoms with Gasteiger partial charge in [-0.3, -0.25) is 0 Å². The van der Waals surface area contributed by atoms with Crippen molar-refractivity contribution in [1.82, 2.24) is 10.2 Å². The first-order chi connectivity index (χ1) is 11.5. The van der Waals surface area contributed by atoms with Crippen LogP contribution >= 0.6 is 0 Å². The maximum absolute atomic E-state index is 12.5. The minimum Gasteiger partial charge on any atom is -0.493 e. The molecule has 0 aromatic heterocycles. The topological polar surface area (TPSA) is 61.8 Å². The Morgan fingerprint density at radius 3 is 2.71 bits per heavy atom. The highest BCUT2D eigenvalue weighted by Crippen LogP contribution is 2.40.